The predicted molar refractivity (Wildman–Crippen MR) is 110 cm³/mol. The molecule has 0 unspecified atom stereocenters. The third kappa shape index (κ3) is 3.74. The Kier molecular flexibility index (Phi) is 4.70. The van der Waals surface area contributed by atoms with Gasteiger partial charge in [0.1, 0.15) is 0 Å². The van der Waals surface area contributed by atoms with Crippen LogP contribution in [0.5, 0.6) is 0 Å². The molecule has 27 heavy (non-hydrogen) atoms. The van der Waals surface area contributed by atoms with Gasteiger partial charge in [0.2, 0.25) is 5.95 Å². The van der Waals surface area contributed by atoms with Crippen LogP contribution in [-0.2, 0) is 6.42 Å². The van der Waals surface area contributed by atoms with Crippen molar-refractivity contribution in [2.24, 2.45) is 0 Å². The molecule has 0 fully saturated rings. The first-order valence-electron chi connectivity index (χ1n) is 9.02. The Morgan fingerprint density at radius 2 is 1.81 bits per heavy atom. The minimum Gasteiger partial charge on any atom is -0.368 e. The first kappa shape index (κ1) is 17.0. The lowest BCUT2D eigenvalue weighted by molar-refractivity contribution is 0.951. The Morgan fingerprint density at radius 1 is 1.00 bits per heavy atom. The Balaban J connectivity index is 1.42. The zero-order chi connectivity index (χ0) is 18.6. The smallest absolute Gasteiger partial charge is 0.249 e. The Hall–Kier alpha value is -3.41. The van der Waals surface area contributed by atoms with Crippen molar-refractivity contribution in [2.45, 2.75) is 20.3 Å². The highest BCUT2D eigenvalue weighted by Crippen LogP contribution is 2.22. The Morgan fingerprint density at radius 3 is 2.67 bits per heavy atom. The fourth-order valence-corrected chi connectivity index (χ4v) is 3.23. The van der Waals surface area contributed by atoms with Crippen LogP contribution in [0.1, 0.15) is 16.7 Å². The third-order valence-corrected chi connectivity index (χ3v) is 4.65. The average molecular weight is 358 g/mol. The molecule has 4 rings (SSSR count). The van der Waals surface area contributed by atoms with E-state index in [9.17, 15) is 0 Å². The molecule has 0 aliphatic carbocycles. The van der Waals surface area contributed by atoms with Gasteiger partial charge in [0.15, 0.2) is 5.82 Å². The lowest BCUT2D eigenvalue weighted by atomic mass is 10.1. The molecule has 0 aliphatic rings. The van der Waals surface area contributed by atoms with Gasteiger partial charge in [-0.05, 0) is 43.0 Å². The molecule has 0 spiro atoms. The van der Waals surface area contributed by atoms with Crippen LogP contribution >= 0.6 is 0 Å². The maximum absolute atomic E-state index is 4.53. The van der Waals surface area contributed by atoms with Crippen molar-refractivity contribution in [1.29, 1.82) is 0 Å². The normalized spacial score (nSPS) is 10.9. The van der Waals surface area contributed by atoms with Crippen LogP contribution in [0.15, 0.2) is 54.9 Å². The number of nitrogens with zero attached hydrogens (tertiary/aromatic N) is 3. The summed E-state index contributed by atoms with van der Waals surface area (Å²) in [5.74, 6) is 1.20. The van der Waals surface area contributed by atoms with E-state index in [1.807, 2.05) is 12.1 Å². The quantitative estimate of drug-likeness (QED) is 0.477. The van der Waals surface area contributed by atoms with E-state index in [0.29, 0.717) is 11.8 Å². The van der Waals surface area contributed by atoms with E-state index in [2.05, 4.69) is 81.2 Å². The lowest BCUT2D eigenvalue weighted by Gasteiger charge is -2.11. The van der Waals surface area contributed by atoms with Gasteiger partial charge >= 0.3 is 0 Å². The number of H-pyrrole nitrogens is 1. The fourth-order valence-electron chi connectivity index (χ4n) is 3.23. The summed E-state index contributed by atoms with van der Waals surface area (Å²) < 4.78 is 0. The monoisotopic (exact) mass is 358 g/mol. The van der Waals surface area contributed by atoms with Crippen LogP contribution in [0, 0.1) is 13.8 Å². The molecule has 2 aromatic carbocycles. The van der Waals surface area contributed by atoms with E-state index >= 15 is 0 Å². The van der Waals surface area contributed by atoms with Crippen LogP contribution in [0.3, 0.4) is 0 Å². The first-order chi connectivity index (χ1) is 13.2. The molecule has 3 N–H and O–H groups in total. The van der Waals surface area contributed by atoms with Crippen LogP contribution in [0.4, 0.5) is 17.5 Å². The topological polar surface area (TPSA) is 78.5 Å². The van der Waals surface area contributed by atoms with Gasteiger partial charge in [-0.2, -0.15) is 10.1 Å². The summed E-state index contributed by atoms with van der Waals surface area (Å²) in [5.41, 5.74) is 5.77. The standard InChI is InChI=1S/C21H22N6/c1-14-6-5-7-15(2)20(14)26-21-25-19(13-24-27-21)22-11-10-16-12-23-18-9-4-3-8-17(16)18/h3-9,12-13,23H,10-11H2,1-2H3,(H2,22,25,26,27). The minimum absolute atomic E-state index is 0.490. The van der Waals surface area contributed by atoms with Gasteiger partial charge in [0, 0.05) is 29.3 Å². The van der Waals surface area contributed by atoms with Gasteiger partial charge in [-0.15, -0.1) is 5.10 Å². The number of hydrogen-bond acceptors (Lipinski definition) is 5. The van der Waals surface area contributed by atoms with Crippen LogP contribution in [-0.4, -0.2) is 26.7 Å². The average Bonchev–Trinajstić information content (AvgIpc) is 3.09. The molecule has 0 bridgehead atoms. The molecule has 0 amide bonds. The molecule has 136 valence electrons. The largest absolute Gasteiger partial charge is 0.368 e. The Bertz CT molecular complexity index is 1050. The highest BCUT2D eigenvalue weighted by molar-refractivity contribution is 5.83. The molecule has 4 aromatic rings. The van der Waals surface area contributed by atoms with Crippen molar-refractivity contribution in [2.75, 3.05) is 17.2 Å². The zero-order valence-electron chi connectivity index (χ0n) is 15.5. The van der Waals surface area contributed by atoms with Gasteiger partial charge in [-0.1, -0.05) is 36.4 Å². The molecule has 2 heterocycles. The molecule has 0 saturated carbocycles. The van der Waals surface area contributed by atoms with Crippen molar-refractivity contribution in [3.63, 3.8) is 0 Å². The van der Waals surface area contributed by atoms with Crippen molar-refractivity contribution in [3.8, 4) is 0 Å². The van der Waals surface area contributed by atoms with Gasteiger partial charge in [-0.25, -0.2) is 0 Å². The second-order valence-electron chi connectivity index (χ2n) is 6.59. The van der Waals surface area contributed by atoms with E-state index in [0.717, 1.165) is 35.3 Å². The van der Waals surface area contributed by atoms with Crippen molar-refractivity contribution >= 4 is 28.4 Å². The maximum atomic E-state index is 4.53. The molecule has 6 heteroatoms. The van der Waals surface area contributed by atoms with E-state index in [1.54, 1.807) is 6.20 Å². The number of hydrogen-bond donors (Lipinski definition) is 3. The molecular formula is C21H22N6. The summed E-state index contributed by atoms with van der Waals surface area (Å²) in [4.78, 5) is 7.84. The molecule has 6 nitrogen and oxygen atoms in total. The van der Waals surface area contributed by atoms with E-state index < -0.39 is 0 Å². The maximum Gasteiger partial charge on any atom is 0.249 e. The summed E-state index contributed by atoms with van der Waals surface area (Å²) in [7, 11) is 0. The summed E-state index contributed by atoms with van der Waals surface area (Å²) in [6.07, 6.45) is 4.61. The number of aromatic amines is 1. The summed E-state index contributed by atoms with van der Waals surface area (Å²) in [6.45, 7) is 4.89. The lowest BCUT2D eigenvalue weighted by Crippen LogP contribution is -2.09. The molecular weight excluding hydrogens is 336 g/mol. The number of fused-ring (bicyclic) bond motifs is 1. The zero-order valence-corrected chi connectivity index (χ0v) is 15.5. The fraction of sp³-hybridized carbons (Fsp3) is 0.190. The van der Waals surface area contributed by atoms with Crippen molar-refractivity contribution in [3.05, 3.63) is 71.5 Å². The third-order valence-electron chi connectivity index (χ3n) is 4.65. The highest BCUT2D eigenvalue weighted by atomic mass is 15.3. The molecule has 0 atom stereocenters. The second-order valence-corrected chi connectivity index (χ2v) is 6.59. The molecule has 2 aromatic heterocycles. The van der Waals surface area contributed by atoms with Crippen molar-refractivity contribution in [1.82, 2.24) is 20.2 Å². The van der Waals surface area contributed by atoms with Crippen LogP contribution in [0.25, 0.3) is 10.9 Å². The summed E-state index contributed by atoms with van der Waals surface area (Å²) in [6, 6.07) is 14.5. The number of aromatic nitrogens is 4. The number of aryl methyl sites for hydroxylation is 2. The number of nitrogens with one attached hydrogen (secondary N) is 3. The van der Waals surface area contributed by atoms with Crippen LogP contribution < -0.4 is 10.6 Å². The molecule has 0 saturated heterocycles. The molecule has 0 radical (unpaired) electrons. The van der Waals surface area contributed by atoms with Gasteiger partial charge in [-0.3, -0.25) is 0 Å². The first-order valence-corrected chi connectivity index (χ1v) is 9.02. The summed E-state index contributed by atoms with van der Waals surface area (Å²) in [5, 5.41) is 16.0. The van der Waals surface area contributed by atoms with E-state index in [4.69, 9.17) is 0 Å². The SMILES string of the molecule is Cc1cccc(C)c1Nc1nncc(NCCc2c[nH]c3ccccc23)n1. The van der Waals surface area contributed by atoms with E-state index in [1.165, 1.54) is 10.9 Å². The van der Waals surface area contributed by atoms with E-state index in [-0.39, 0.29) is 0 Å². The minimum atomic E-state index is 0.490. The van der Waals surface area contributed by atoms with Gasteiger partial charge in [0.25, 0.3) is 0 Å². The number of para-hydroxylation sites is 2. The van der Waals surface area contributed by atoms with Gasteiger partial charge < -0.3 is 15.6 Å². The summed E-state index contributed by atoms with van der Waals surface area (Å²) >= 11 is 0. The Labute approximate surface area is 158 Å². The molecule has 0 aliphatic heterocycles. The highest BCUT2D eigenvalue weighted by Gasteiger charge is 2.07. The van der Waals surface area contributed by atoms with Gasteiger partial charge in [0.05, 0.1) is 6.20 Å². The van der Waals surface area contributed by atoms with Crippen LogP contribution in [0.2, 0.25) is 0 Å². The number of rotatable bonds is 6. The predicted octanol–water partition coefficient (Wildman–Crippen LogP) is 4.37. The number of anilines is 3. The van der Waals surface area contributed by atoms with Crippen molar-refractivity contribution < 1.29 is 0 Å². The second kappa shape index (κ2) is 7.45. The number of benzene rings is 2.